The highest BCUT2D eigenvalue weighted by molar-refractivity contribution is 7.99. The molecule has 7 heteroatoms. The molecule has 96 valence electrons. The van der Waals surface area contributed by atoms with Crippen LogP contribution in [0.25, 0.3) is 0 Å². The molecule has 0 bridgehead atoms. The van der Waals surface area contributed by atoms with Gasteiger partial charge in [0.2, 0.25) is 0 Å². The van der Waals surface area contributed by atoms with Crippen LogP contribution in [-0.2, 0) is 14.0 Å². The standard InChI is InChI=1S/C9H21BO3S3/c1-5-6-16-9(4)13-10(11-7(2)14)12-8(3)15/h7-9,14-15H,5-6H2,1-4H3. The zero-order valence-corrected chi connectivity index (χ0v) is 12.9. The molecule has 0 rings (SSSR count). The predicted octanol–water partition coefficient (Wildman–Crippen LogP) is 3.06. The second-order valence-electron chi connectivity index (χ2n) is 3.33. The van der Waals surface area contributed by atoms with Gasteiger partial charge in [0.15, 0.2) is 0 Å². The van der Waals surface area contributed by atoms with E-state index in [-0.39, 0.29) is 16.3 Å². The van der Waals surface area contributed by atoms with E-state index in [1.807, 2.05) is 20.8 Å². The van der Waals surface area contributed by atoms with Crippen LogP contribution in [-0.4, -0.2) is 29.4 Å². The third-order valence-corrected chi connectivity index (χ3v) is 2.94. The largest absolute Gasteiger partial charge is 0.641 e. The first-order chi connectivity index (χ1) is 7.45. The summed E-state index contributed by atoms with van der Waals surface area (Å²) in [5.41, 5.74) is -0.440. The van der Waals surface area contributed by atoms with Gasteiger partial charge in [0.05, 0.1) is 16.3 Å². The molecule has 0 aromatic heterocycles. The zero-order valence-electron chi connectivity index (χ0n) is 10.3. The second-order valence-corrected chi connectivity index (χ2v) is 6.19. The van der Waals surface area contributed by atoms with Gasteiger partial charge in [-0.05, 0) is 32.9 Å². The number of hydrogen-bond donors (Lipinski definition) is 2. The molecule has 0 spiro atoms. The molecule has 0 aliphatic carbocycles. The van der Waals surface area contributed by atoms with Gasteiger partial charge in [-0.1, -0.05) is 6.92 Å². The van der Waals surface area contributed by atoms with Crippen LogP contribution in [0.15, 0.2) is 0 Å². The topological polar surface area (TPSA) is 27.7 Å². The van der Waals surface area contributed by atoms with Crippen LogP contribution >= 0.6 is 37.0 Å². The average Bonchev–Trinajstić information content (AvgIpc) is 2.12. The van der Waals surface area contributed by atoms with Gasteiger partial charge >= 0.3 is 7.32 Å². The van der Waals surface area contributed by atoms with Gasteiger partial charge in [0, 0.05) is 0 Å². The van der Waals surface area contributed by atoms with Crippen LogP contribution in [0.4, 0.5) is 0 Å². The fraction of sp³-hybridized carbons (Fsp3) is 1.00. The summed E-state index contributed by atoms with van der Waals surface area (Å²) in [5, 5.41) is 0. The molecule has 3 nitrogen and oxygen atoms in total. The monoisotopic (exact) mass is 284 g/mol. The Kier molecular flexibility index (Phi) is 10.6. The van der Waals surface area contributed by atoms with Crippen molar-refractivity contribution in [1.29, 1.82) is 0 Å². The van der Waals surface area contributed by atoms with Gasteiger partial charge in [0.25, 0.3) is 0 Å². The number of rotatable bonds is 9. The second kappa shape index (κ2) is 9.97. The van der Waals surface area contributed by atoms with Crippen LogP contribution in [0, 0.1) is 0 Å². The number of thioether (sulfide) groups is 1. The molecular weight excluding hydrogens is 263 g/mol. The quantitative estimate of drug-likeness (QED) is 0.386. The molecule has 0 heterocycles. The van der Waals surface area contributed by atoms with E-state index in [4.69, 9.17) is 14.0 Å². The lowest BCUT2D eigenvalue weighted by atomic mass is 10.2. The highest BCUT2D eigenvalue weighted by Gasteiger charge is 2.27. The molecule has 0 amide bonds. The van der Waals surface area contributed by atoms with Crippen LogP contribution in [0.3, 0.4) is 0 Å². The molecule has 0 aliphatic heterocycles. The van der Waals surface area contributed by atoms with Crippen LogP contribution < -0.4 is 0 Å². The van der Waals surface area contributed by atoms with Gasteiger partial charge in [-0.15, -0.1) is 37.0 Å². The highest BCUT2D eigenvalue weighted by Crippen LogP contribution is 2.16. The Morgan fingerprint density at radius 3 is 1.94 bits per heavy atom. The maximum absolute atomic E-state index is 5.59. The SMILES string of the molecule is CCCSC(C)OB(OC(C)S)OC(C)S. The molecule has 0 N–H and O–H groups in total. The van der Waals surface area contributed by atoms with E-state index in [1.54, 1.807) is 11.8 Å². The zero-order chi connectivity index (χ0) is 12.6. The Morgan fingerprint density at radius 1 is 1.06 bits per heavy atom. The van der Waals surface area contributed by atoms with Crippen LogP contribution in [0.5, 0.6) is 0 Å². The summed E-state index contributed by atoms with van der Waals surface area (Å²) in [6.45, 7) is 7.74. The van der Waals surface area contributed by atoms with Gasteiger partial charge in [0.1, 0.15) is 0 Å². The predicted molar refractivity (Wildman–Crippen MR) is 78.1 cm³/mol. The molecule has 0 aliphatic rings. The molecular formula is C9H21BO3S3. The summed E-state index contributed by atoms with van der Waals surface area (Å²) in [4.78, 5) is 0. The summed E-state index contributed by atoms with van der Waals surface area (Å²) in [7, 11) is -0.709. The van der Waals surface area contributed by atoms with E-state index in [9.17, 15) is 0 Å². The summed E-state index contributed by atoms with van der Waals surface area (Å²) in [6, 6.07) is 0. The Bertz CT molecular complexity index is 162. The smallest absolute Gasteiger partial charge is 0.374 e. The van der Waals surface area contributed by atoms with Crippen molar-refractivity contribution in [3.05, 3.63) is 0 Å². The van der Waals surface area contributed by atoms with Crippen molar-refractivity contribution < 1.29 is 14.0 Å². The van der Waals surface area contributed by atoms with Crippen LogP contribution in [0.1, 0.15) is 34.1 Å². The molecule has 3 atom stereocenters. The molecule has 0 aromatic carbocycles. The Morgan fingerprint density at radius 2 is 1.56 bits per heavy atom. The summed E-state index contributed by atoms with van der Waals surface area (Å²) in [6.07, 6.45) is 1.12. The minimum Gasteiger partial charge on any atom is -0.374 e. The normalized spacial score (nSPS) is 16.9. The lowest BCUT2D eigenvalue weighted by molar-refractivity contribution is 0.0819. The maximum Gasteiger partial charge on any atom is 0.641 e. The molecule has 0 aromatic rings. The summed E-state index contributed by atoms with van der Waals surface area (Å²) >= 11 is 10.0. The highest BCUT2D eigenvalue weighted by atomic mass is 32.2. The lowest BCUT2D eigenvalue weighted by Crippen LogP contribution is -2.34. The first-order valence-corrected chi connectivity index (χ1v) is 7.48. The van der Waals surface area contributed by atoms with Crippen molar-refractivity contribution in [3.8, 4) is 0 Å². The Balaban J connectivity index is 3.98. The van der Waals surface area contributed by atoms with E-state index in [0.29, 0.717) is 0 Å². The van der Waals surface area contributed by atoms with E-state index in [2.05, 4.69) is 32.2 Å². The van der Waals surface area contributed by atoms with Crippen molar-refractivity contribution in [1.82, 2.24) is 0 Å². The van der Waals surface area contributed by atoms with E-state index in [0.717, 1.165) is 12.2 Å². The average molecular weight is 284 g/mol. The molecule has 0 radical (unpaired) electrons. The van der Waals surface area contributed by atoms with E-state index >= 15 is 0 Å². The molecule has 0 saturated heterocycles. The Labute approximate surface area is 114 Å². The van der Waals surface area contributed by atoms with Gasteiger partial charge in [-0.2, -0.15) is 0 Å². The minimum absolute atomic E-state index is 0.0316. The van der Waals surface area contributed by atoms with Gasteiger partial charge < -0.3 is 14.0 Å². The summed E-state index contributed by atoms with van der Waals surface area (Å²) in [5.74, 6) is 1.06. The fourth-order valence-electron chi connectivity index (χ4n) is 0.897. The van der Waals surface area contributed by atoms with E-state index < -0.39 is 7.32 Å². The van der Waals surface area contributed by atoms with Crippen molar-refractivity contribution in [3.63, 3.8) is 0 Å². The van der Waals surface area contributed by atoms with Crippen molar-refractivity contribution in [2.75, 3.05) is 5.75 Å². The first-order valence-electron chi connectivity index (χ1n) is 5.39. The van der Waals surface area contributed by atoms with Crippen molar-refractivity contribution in [2.24, 2.45) is 0 Å². The summed E-state index contributed by atoms with van der Waals surface area (Å²) < 4.78 is 16.3. The Hall–Kier alpha value is 0.995. The molecule has 16 heavy (non-hydrogen) atoms. The molecule has 0 fully saturated rings. The van der Waals surface area contributed by atoms with Gasteiger partial charge in [-0.25, -0.2) is 0 Å². The fourth-order valence-corrected chi connectivity index (χ4v) is 1.83. The van der Waals surface area contributed by atoms with Crippen molar-refractivity contribution >= 4 is 44.3 Å². The van der Waals surface area contributed by atoms with Crippen LogP contribution in [0.2, 0.25) is 0 Å². The third-order valence-electron chi connectivity index (χ3n) is 1.48. The molecule has 3 unspecified atom stereocenters. The minimum atomic E-state index is -0.709. The lowest BCUT2D eigenvalue weighted by Gasteiger charge is -2.21. The number of thiol groups is 2. The molecule has 0 saturated carbocycles. The third kappa shape index (κ3) is 10.2. The van der Waals surface area contributed by atoms with Gasteiger partial charge in [-0.3, -0.25) is 0 Å². The first kappa shape index (κ1) is 17.0. The maximum atomic E-state index is 5.59. The van der Waals surface area contributed by atoms with E-state index in [1.165, 1.54) is 0 Å². The van der Waals surface area contributed by atoms with Crippen molar-refractivity contribution in [2.45, 2.75) is 50.4 Å². The number of hydrogen-bond acceptors (Lipinski definition) is 6.